The molecule has 0 saturated heterocycles. The molecule has 6 nitrogen and oxygen atoms in total. The lowest BCUT2D eigenvalue weighted by atomic mass is 9.95. The first kappa shape index (κ1) is 25.9. The minimum absolute atomic E-state index is 0. The Balaban J connectivity index is 0.00000420. The Kier molecular flexibility index (Phi) is 11.8. The molecule has 1 fully saturated rings. The van der Waals surface area contributed by atoms with Crippen LogP contribution < -0.4 is 16.0 Å². The van der Waals surface area contributed by atoms with Crippen LogP contribution in [0, 0.1) is 0 Å². The quantitative estimate of drug-likeness (QED) is 0.264. The summed E-state index contributed by atoms with van der Waals surface area (Å²) < 4.78 is 37.7. The van der Waals surface area contributed by atoms with Gasteiger partial charge in [-0.1, -0.05) is 19.3 Å². The Morgan fingerprint density at radius 1 is 1.28 bits per heavy atom. The van der Waals surface area contributed by atoms with Crippen molar-refractivity contribution in [2.75, 3.05) is 19.6 Å². The number of alkyl halides is 3. The molecule has 1 heterocycles. The third-order valence-electron chi connectivity index (χ3n) is 4.40. The summed E-state index contributed by atoms with van der Waals surface area (Å²) in [5.41, 5.74) is -0.856. The van der Waals surface area contributed by atoms with Crippen LogP contribution in [-0.4, -0.2) is 42.5 Å². The lowest BCUT2D eigenvalue weighted by molar-refractivity contribution is -0.140. The van der Waals surface area contributed by atoms with Gasteiger partial charge in [0.1, 0.15) is 0 Å². The summed E-state index contributed by atoms with van der Waals surface area (Å²) in [7, 11) is 0. The van der Waals surface area contributed by atoms with E-state index in [0.717, 1.165) is 29.6 Å². The molecule has 0 unspecified atom stereocenters. The van der Waals surface area contributed by atoms with Crippen molar-refractivity contribution in [3.8, 4) is 0 Å². The van der Waals surface area contributed by atoms with Crippen molar-refractivity contribution in [2.24, 2.45) is 4.99 Å². The van der Waals surface area contributed by atoms with Gasteiger partial charge in [-0.2, -0.15) is 13.2 Å². The average molecular weight is 547 g/mol. The molecule has 0 radical (unpaired) electrons. The summed E-state index contributed by atoms with van der Waals surface area (Å²) >= 11 is 0.986. The zero-order valence-corrected chi connectivity index (χ0v) is 19.6. The van der Waals surface area contributed by atoms with Crippen molar-refractivity contribution < 1.29 is 18.0 Å². The molecule has 1 saturated carbocycles. The standard InChI is InChI=1S/C18H28F3N5OS.HI/c1-2-22-17(23-10-8-15(27)25-13-6-4-3-5-7-13)24-11-9-16-26-14(12-28-16)18(19,20)21;/h12-13H,2-11H2,1H3,(H,25,27)(H2,22,23,24);1H. The van der Waals surface area contributed by atoms with Gasteiger partial charge >= 0.3 is 6.18 Å². The van der Waals surface area contributed by atoms with Gasteiger partial charge in [-0.15, -0.1) is 35.3 Å². The van der Waals surface area contributed by atoms with Crippen molar-refractivity contribution >= 4 is 47.2 Å². The molecule has 0 aliphatic heterocycles. The van der Waals surface area contributed by atoms with E-state index in [1.165, 1.54) is 19.3 Å². The van der Waals surface area contributed by atoms with Crippen LogP contribution in [0.4, 0.5) is 13.2 Å². The van der Waals surface area contributed by atoms with E-state index < -0.39 is 11.9 Å². The Morgan fingerprint density at radius 2 is 2.00 bits per heavy atom. The van der Waals surface area contributed by atoms with Gasteiger partial charge in [0.15, 0.2) is 11.7 Å². The van der Waals surface area contributed by atoms with Gasteiger partial charge in [0.05, 0.1) is 5.01 Å². The van der Waals surface area contributed by atoms with Crippen LogP contribution in [0.3, 0.4) is 0 Å². The molecule has 3 N–H and O–H groups in total. The van der Waals surface area contributed by atoms with Gasteiger partial charge in [0.25, 0.3) is 0 Å². The zero-order valence-electron chi connectivity index (χ0n) is 16.5. The molecular formula is C18H29F3IN5OS. The molecule has 29 heavy (non-hydrogen) atoms. The number of carbonyl (C=O) groups is 1. The summed E-state index contributed by atoms with van der Waals surface area (Å²) in [5, 5.41) is 10.6. The molecule has 1 aliphatic rings. The highest BCUT2D eigenvalue weighted by molar-refractivity contribution is 14.0. The molecule has 0 aromatic carbocycles. The van der Waals surface area contributed by atoms with E-state index in [1.807, 2.05) is 6.92 Å². The first-order valence-corrected chi connectivity index (χ1v) is 10.6. The van der Waals surface area contributed by atoms with Crippen LogP contribution in [0.1, 0.15) is 56.2 Å². The van der Waals surface area contributed by atoms with Crippen LogP contribution in [0.2, 0.25) is 0 Å². The molecule has 1 aromatic heterocycles. The van der Waals surface area contributed by atoms with Gasteiger partial charge in [-0.3, -0.25) is 9.79 Å². The number of hydrogen-bond donors (Lipinski definition) is 3. The minimum Gasteiger partial charge on any atom is -0.357 e. The van der Waals surface area contributed by atoms with Crippen LogP contribution in [0.5, 0.6) is 0 Å². The number of nitrogens with zero attached hydrogens (tertiary/aromatic N) is 2. The molecule has 2 rings (SSSR count). The third kappa shape index (κ3) is 9.96. The Morgan fingerprint density at radius 3 is 2.62 bits per heavy atom. The number of carbonyl (C=O) groups excluding carboxylic acids is 1. The second kappa shape index (κ2) is 13.2. The minimum atomic E-state index is -4.41. The van der Waals surface area contributed by atoms with E-state index in [1.54, 1.807) is 0 Å². The normalized spacial score (nSPS) is 15.5. The number of hydrogen-bond acceptors (Lipinski definition) is 4. The Bertz CT molecular complexity index is 648. The fraction of sp³-hybridized carbons (Fsp3) is 0.722. The number of halogens is 4. The first-order chi connectivity index (χ1) is 13.4. The van der Waals surface area contributed by atoms with E-state index in [9.17, 15) is 18.0 Å². The Hall–Kier alpha value is -1.11. The fourth-order valence-corrected chi connectivity index (χ4v) is 3.80. The lowest BCUT2D eigenvalue weighted by Crippen LogP contribution is -2.41. The van der Waals surface area contributed by atoms with E-state index in [4.69, 9.17) is 0 Å². The molecular weight excluding hydrogens is 518 g/mol. The van der Waals surface area contributed by atoms with Crippen LogP contribution >= 0.6 is 35.3 Å². The predicted molar refractivity (Wildman–Crippen MR) is 120 cm³/mol. The summed E-state index contributed by atoms with van der Waals surface area (Å²) in [6, 6.07) is 0.294. The smallest absolute Gasteiger partial charge is 0.357 e. The molecule has 0 spiro atoms. The van der Waals surface area contributed by atoms with Gasteiger partial charge in [0.2, 0.25) is 5.91 Å². The highest BCUT2D eigenvalue weighted by atomic mass is 127. The van der Waals surface area contributed by atoms with Gasteiger partial charge in [-0.25, -0.2) is 4.98 Å². The number of nitrogens with one attached hydrogen (secondary N) is 3. The van der Waals surface area contributed by atoms with Crippen molar-refractivity contribution in [2.45, 2.75) is 64.1 Å². The second-order valence-electron chi connectivity index (χ2n) is 6.71. The zero-order chi connectivity index (χ0) is 20.4. The fourth-order valence-electron chi connectivity index (χ4n) is 3.00. The SMILES string of the molecule is CCNC(=NCCc1nc(C(F)(F)F)cs1)NCCC(=O)NC1CCCCC1.I. The lowest BCUT2D eigenvalue weighted by Gasteiger charge is -2.22. The highest BCUT2D eigenvalue weighted by Gasteiger charge is 2.33. The number of amides is 1. The molecule has 1 aliphatic carbocycles. The molecule has 0 atom stereocenters. The average Bonchev–Trinajstić information content (AvgIpc) is 3.12. The molecule has 11 heteroatoms. The summed E-state index contributed by atoms with van der Waals surface area (Å²) in [5.74, 6) is 0.568. The van der Waals surface area contributed by atoms with E-state index in [2.05, 4.69) is 25.9 Å². The summed E-state index contributed by atoms with van der Waals surface area (Å²) in [6.45, 7) is 3.33. The number of thiazole rings is 1. The number of guanidine groups is 1. The monoisotopic (exact) mass is 547 g/mol. The maximum atomic E-state index is 12.6. The number of rotatable bonds is 8. The van der Waals surface area contributed by atoms with Gasteiger partial charge in [-0.05, 0) is 19.8 Å². The Labute approximate surface area is 190 Å². The van der Waals surface area contributed by atoms with E-state index >= 15 is 0 Å². The van der Waals surface area contributed by atoms with Crippen LogP contribution in [0.15, 0.2) is 10.4 Å². The molecule has 0 bridgehead atoms. The molecule has 1 amide bonds. The third-order valence-corrected chi connectivity index (χ3v) is 5.31. The summed E-state index contributed by atoms with van der Waals surface area (Å²) in [6.07, 6.45) is 1.96. The summed E-state index contributed by atoms with van der Waals surface area (Å²) in [4.78, 5) is 20.0. The van der Waals surface area contributed by atoms with Crippen molar-refractivity contribution in [3.63, 3.8) is 0 Å². The van der Waals surface area contributed by atoms with Crippen molar-refractivity contribution in [1.29, 1.82) is 0 Å². The van der Waals surface area contributed by atoms with Crippen LogP contribution in [-0.2, 0) is 17.4 Å². The highest BCUT2D eigenvalue weighted by Crippen LogP contribution is 2.30. The number of aliphatic imine (C=N–C) groups is 1. The molecule has 1 aromatic rings. The van der Waals surface area contributed by atoms with E-state index in [0.29, 0.717) is 49.5 Å². The predicted octanol–water partition coefficient (Wildman–Crippen LogP) is 3.72. The van der Waals surface area contributed by atoms with Crippen molar-refractivity contribution in [3.05, 3.63) is 16.1 Å². The maximum absolute atomic E-state index is 12.6. The van der Waals surface area contributed by atoms with Gasteiger partial charge in [0, 0.05) is 43.9 Å². The van der Waals surface area contributed by atoms with Crippen molar-refractivity contribution in [1.82, 2.24) is 20.9 Å². The van der Waals surface area contributed by atoms with Gasteiger partial charge < -0.3 is 16.0 Å². The maximum Gasteiger partial charge on any atom is 0.434 e. The topological polar surface area (TPSA) is 78.4 Å². The molecule has 166 valence electrons. The first-order valence-electron chi connectivity index (χ1n) is 9.71. The van der Waals surface area contributed by atoms with E-state index in [-0.39, 0.29) is 29.9 Å². The number of aromatic nitrogens is 1. The largest absolute Gasteiger partial charge is 0.434 e. The second-order valence-corrected chi connectivity index (χ2v) is 7.66. The van der Waals surface area contributed by atoms with Crippen LogP contribution in [0.25, 0.3) is 0 Å².